The Balaban J connectivity index is 2.05. The van der Waals surface area contributed by atoms with Crippen LogP contribution >= 0.6 is 17.0 Å². The Kier molecular flexibility index (Phi) is 3.43. The monoisotopic (exact) mass is 354 g/mol. The third-order valence-electron chi connectivity index (χ3n) is 3.72. The van der Waals surface area contributed by atoms with E-state index in [1.54, 1.807) is 0 Å². The quantitative estimate of drug-likeness (QED) is 0.654. The van der Waals surface area contributed by atoms with Crippen molar-refractivity contribution in [3.8, 4) is 0 Å². The molecule has 92 valence electrons. The fourth-order valence-corrected chi connectivity index (χ4v) is 14.1. The van der Waals surface area contributed by atoms with Gasteiger partial charge in [-0.05, 0) is 0 Å². The molecule has 0 radical (unpaired) electrons. The van der Waals surface area contributed by atoms with Crippen LogP contribution in [-0.2, 0) is 17.9 Å². The summed E-state index contributed by atoms with van der Waals surface area (Å²) in [4.78, 5) is 0. The summed E-state index contributed by atoms with van der Waals surface area (Å²) in [6.45, 7) is 2.16. The Labute approximate surface area is 119 Å². The number of halogens is 2. The summed E-state index contributed by atoms with van der Waals surface area (Å²) in [7, 11) is 13.8. The number of fused-ring (bicyclic) bond motifs is 1. The molecule has 0 amide bonds. The number of allylic oxidation sites excluding steroid dienone is 5. The summed E-state index contributed by atoms with van der Waals surface area (Å²) >= 11 is -3.28. The van der Waals surface area contributed by atoms with Crippen molar-refractivity contribution in [2.75, 3.05) is 0 Å². The van der Waals surface area contributed by atoms with E-state index in [0.717, 1.165) is 0 Å². The first-order valence-electron chi connectivity index (χ1n) is 6.10. The van der Waals surface area contributed by atoms with E-state index in [9.17, 15) is 0 Å². The molecule has 0 saturated carbocycles. The summed E-state index contributed by atoms with van der Waals surface area (Å²) in [5, 5.41) is 0. The molecule has 0 N–H and O–H groups in total. The van der Waals surface area contributed by atoms with Crippen molar-refractivity contribution in [2.24, 2.45) is 0 Å². The van der Waals surface area contributed by atoms with Crippen LogP contribution in [0.25, 0.3) is 6.08 Å². The third kappa shape index (κ3) is 2.01. The SMILES string of the molecule is CC1=Cc2ccccc2[CH]1[Zr]([Cl])([Cl])[CH]1C=CC=C1. The predicted molar refractivity (Wildman–Crippen MR) is 76.6 cm³/mol. The van der Waals surface area contributed by atoms with Crippen LogP contribution in [-0.4, -0.2) is 0 Å². The molecular formula is C15H14Cl2Zr. The van der Waals surface area contributed by atoms with Gasteiger partial charge >= 0.3 is 120 Å². The van der Waals surface area contributed by atoms with Crippen molar-refractivity contribution in [1.82, 2.24) is 0 Å². The predicted octanol–water partition coefficient (Wildman–Crippen LogP) is 5.52. The van der Waals surface area contributed by atoms with Crippen LogP contribution in [0.5, 0.6) is 0 Å². The number of rotatable bonds is 2. The van der Waals surface area contributed by atoms with Gasteiger partial charge in [-0.3, -0.25) is 0 Å². The first-order chi connectivity index (χ1) is 8.60. The van der Waals surface area contributed by atoms with Crippen molar-refractivity contribution >= 4 is 23.1 Å². The number of hydrogen-bond donors (Lipinski definition) is 0. The first kappa shape index (κ1) is 12.9. The summed E-state index contributed by atoms with van der Waals surface area (Å²) in [6, 6.07) is 8.47. The summed E-state index contributed by atoms with van der Waals surface area (Å²) in [5.41, 5.74) is 3.93. The van der Waals surface area contributed by atoms with Gasteiger partial charge in [0, 0.05) is 0 Å². The van der Waals surface area contributed by atoms with Crippen LogP contribution in [0.3, 0.4) is 0 Å². The molecule has 3 heteroatoms. The Morgan fingerprint density at radius 2 is 1.72 bits per heavy atom. The molecule has 0 aliphatic heterocycles. The second-order valence-electron chi connectivity index (χ2n) is 4.92. The molecule has 0 fully saturated rings. The van der Waals surface area contributed by atoms with Crippen LogP contribution in [0.1, 0.15) is 21.7 Å². The summed E-state index contributed by atoms with van der Waals surface area (Å²) in [5.74, 6) is 0. The zero-order chi connectivity index (χ0) is 12.8. The van der Waals surface area contributed by atoms with E-state index >= 15 is 0 Å². The molecule has 2 aliphatic rings. The standard InChI is InChI=1S/C10H9.C5H5.2ClH.Zr/c1-8-6-9-4-2-3-5-10(9)7-8;1-2-4-5-3-1;;;/h2-7H,1H3;1-5H;2*1H;/q;;;;+2/p-2. The molecule has 0 aromatic heterocycles. The van der Waals surface area contributed by atoms with Gasteiger partial charge in [0.25, 0.3) is 0 Å². The molecule has 3 rings (SSSR count). The van der Waals surface area contributed by atoms with Gasteiger partial charge in [0.15, 0.2) is 0 Å². The molecule has 0 saturated heterocycles. The van der Waals surface area contributed by atoms with Crippen LogP contribution in [0.15, 0.2) is 54.1 Å². The molecular weight excluding hydrogens is 342 g/mol. The van der Waals surface area contributed by atoms with E-state index in [1.165, 1.54) is 16.7 Å². The topological polar surface area (TPSA) is 0 Å². The normalized spacial score (nSPS) is 22.4. The molecule has 0 bridgehead atoms. The van der Waals surface area contributed by atoms with Gasteiger partial charge in [0.05, 0.1) is 0 Å². The van der Waals surface area contributed by atoms with Crippen LogP contribution in [0, 0.1) is 0 Å². The Hall–Kier alpha value is -0.0969. The van der Waals surface area contributed by atoms with E-state index in [2.05, 4.69) is 61.6 Å². The van der Waals surface area contributed by atoms with E-state index < -0.39 is 17.9 Å². The van der Waals surface area contributed by atoms with E-state index in [1.807, 2.05) is 0 Å². The second-order valence-corrected chi connectivity index (χ2v) is 19.8. The maximum absolute atomic E-state index is 6.90. The van der Waals surface area contributed by atoms with Gasteiger partial charge in [0.1, 0.15) is 0 Å². The number of hydrogen-bond acceptors (Lipinski definition) is 0. The Morgan fingerprint density at radius 1 is 1.06 bits per heavy atom. The first-order valence-corrected chi connectivity index (χ1v) is 15.3. The zero-order valence-corrected chi connectivity index (χ0v) is 14.1. The molecule has 1 unspecified atom stereocenters. The number of benzene rings is 1. The maximum atomic E-state index is 6.90. The summed E-state index contributed by atoms with van der Waals surface area (Å²) < 4.78 is 0.554. The Morgan fingerprint density at radius 3 is 2.44 bits per heavy atom. The van der Waals surface area contributed by atoms with E-state index in [0.29, 0.717) is 0 Å². The molecule has 1 aromatic carbocycles. The molecule has 2 aliphatic carbocycles. The fraction of sp³-hybridized carbons (Fsp3) is 0.200. The Bertz CT molecular complexity index is 558. The van der Waals surface area contributed by atoms with Gasteiger partial charge in [-0.25, -0.2) is 0 Å². The van der Waals surface area contributed by atoms with Crippen molar-refractivity contribution < 1.29 is 17.9 Å². The molecule has 0 spiro atoms. The molecule has 1 aromatic rings. The zero-order valence-electron chi connectivity index (χ0n) is 10.1. The van der Waals surface area contributed by atoms with E-state index in [-0.39, 0.29) is 7.25 Å². The molecule has 1 atom stereocenters. The van der Waals surface area contributed by atoms with E-state index in [4.69, 9.17) is 17.0 Å². The average molecular weight is 356 g/mol. The van der Waals surface area contributed by atoms with Crippen LogP contribution < -0.4 is 0 Å². The van der Waals surface area contributed by atoms with Gasteiger partial charge in [0.2, 0.25) is 0 Å². The van der Waals surface area contributed by atoms with Gasteiger partial charge < -0.3 is 0 Å². The molecule has 0 heterocycles. The third-order valence-corrected chi connectivity index (χ3v) is 16.2. The molecule has 0 nitrogen and oxygen atoms in total. The van der Waals surface area contributed by atoms with Gasteiger partial charge in [-0.2, -0.15) is 0 Å². The van der Waals surface area contributed by atoms with Crippen molar-refractivity contribution in [1.29, 1.82) is 0 Å². The fourth-order valence-electron chi connectivity index (χ4n) is 2.87. The minimum atomic E-state index is -3.28. The van der Waals surface area contributed by atoms with Crippen molar-refractivity contribution in [3.63, 3.8) is 0 Å². The minimum absolute atomic E-state index is 0.274. The van der Waals surface area contributed by atoms with Crippen LogP contribution in [0.2, 0.25) is 3.63 Å². The van der Waals surface area contributed by atoms with Crippen molar-refractivity contribution in [3.05, 3.63) is 65.3 Å². The average Bonchev–Trinajstić information content (AvgIpc) is 2.94. The van der Waals surface area contributed by atoms with Gasteiger partial charge in [-0.1, -0.05) is 0 Å². The second kappa shape index (κ2) is 4.78. The summed E-state index contributed by atoms with van der Waals surface area (Å²) in [6.07, 6.45) is 10.7. The van der Waals surface area contributed by atoms with Crippen molar-refractivity contribution in [2.45, 2.75) is 14.2 Å². The van der Waals surface area contributed by atoms with Gasteiger partial charge in [-0.15, -0.1) is 0 Å². The molecule has 18 heavy (non-hydrogen) atoms. The van der Waals surface area contributed by atoms with Crippen LogP contribution in [0.4, 0.5) is 0 Å².